The Morgan fingerprint density at radius 1 is 1.21 bits per heavy atom. The third-order valence-corrected chi connectivity index (χ3v) is 9.57. The Bertz CT molecular complexity index is 1350. The first kappa shape index (κ1) is 27.6. The van der Waals surface area contributed by atoms with Crippen LogP contribution in [0.5, 0.6) is 5.75 Å². The Morgan fingerprint density at radius 2 is 1.87 bits per heavy atom. The van der Waals surface area contributed by atoms with Crippen LogP contribution in [0.1, 0.15) is 54.1 Å². The molecule has 0 heterocycles. The van der Waals surface area contributed by atoms with E-state index in [1.807, 2.05) is 0 Å². The summed E-state index contributed by atoms with van der Waals surface area (Å²) in [5, 5.41) is 45.3. The fourth-order valence-electron chi connectivity index (χ4n) is 6.94. The van der Waals surface area contributed by atoms with Gasteiger partial charge in [-0.2, -0.15) is 0 Å². The molecular formula is C28H34ClN3O7. The van der Waals surface area contributed by atoms with E-state index in [1.54, 1.807) is 14.1 Å². The summed E-state index contributed by atoms with van der Waals surface area (Å²) in [5.74, 6) is -6.75. The zero-order chi connectivity index (χ0) is 28.5. The van der Waals surface area contributed by atoms with Gasteiger partial charge in [-0.1, -0.05) is 24.9 Å². The summed E-state index contributed by atoms with van der Waals surface area (Å²) in [5.41, 5.74) is 2.76. The number of ketones is 2. The normalized spacial score (nSPS) is 28.9. The van der Waals surface area contributed by atoms with Crippen LogP contribution in [-0.2, 0) is 22.6 Å². The number of primary amides is 1. The van der Waals surface area contributed by atoms with Crippen molar-refractivity contribution in [2.45, 2.75) is 63.3 Å². The number of aromatic hydroxyl groups is 1. The number of phenolic OH excluding ortho intramolecular Hbond substituents is 1. The quantitative estimate of drug-likeness (QED) is 0.328. The van der Waals surface area contributed by atoms with Gasteiger partial charge in [0.05, 0.1) is 11.6 Å². The number of allylic oxidation sites excluding steroid dienone is 1. The van der Waals surface area contributed by atoms with Gasteiger partial charge in [0.25, 0.3) is 5.91 Å². The average Bonchev–Trinajstić information content (AvgIpc) is 2.82. The molecule has 0 aliphatic heterocycles. The van der Waals surface area contributed by atoms with E-state index < -0.39 is 58.0 Å². The molecule has 5 rings (SSSR count). The highest BCUT2D eigenvalue weighted by Crippen LogP contribution is 2.53. The van der Waals surface area contributed by atoms with Gasteiger partial charge in [0, 0.05) is 29.1 Å². The first-order valence-corrected chi connectivity index (χ1v) is 13.6. The molecule has 4 atom stereocenters. The first-order chi connectivity index (χ1) is 18.3. The lowest BCUT2D eigenvalue weighted by Gasteiger charge is -2.50. The van der Waals surface area contributed by atoms with Crippen LogP contribution in [0.25, 0.3) is 0 Å². The lowest BCUT2D eigenvalue weighted by Crippen LogP contribution is -2.63. The number of carbonyl (C=O) groups is 3. The second-order valence-corrected chi connectivity index (χ2v) is 11.7. The van der Waals surface area contributed by atoms with E-state index in [0.29, 0.717) is 28.7 Å². The Balaban J connectivity index is 1.62. The minimum Gasteiger partial charge on any atom is -0.510 e. The van der Waals surface area contributed by atoms with Gasteiger partial charge in [0.1, 0.15) is 22.8 Å². The average molecular weight is 560 g/mol. The van der Waals surface area contributed by atoms with E-state index >= 15 is 0 Å². The van der Waals surface area contributed by atoms with Crippen molar-refractivity contribution in [3.05, 3.63) is 50.4 Å². The summed E-state index contributed by atoms with van der Waals surface area (Å²) in [6.45, 7) is 3.39. The molecule has 1 fully saturated rings. The predicted molar refractivity (Wildman–Crippen MR) is 142 cm³/mol. The van der Waals surface area contributed by atoms with E-state index in [9.17, 15) is 34.8 Å². The van der Waals surface area contributed by atoms with E-state index in [1.165, 1.54) is 17.4 Å². The number of halogens is 1. The minimum absolute atomic E-state index is 0.0240. The number of benzene rings is 1. The predicted octanol–water partition coefficient (Wildman–Crippen LogP) is 2.15. The molecule has 11 heteroatoms. The molecular weight excluding hydrogens is 526 g/mol. The van der Waals surface area contributed by atoms with Crippen LogP contribution in [0, 0.1) is 11.8 Å². The van der Waals surface area contributed by atoms with Crippen LogP contribution < -0.4 is 5.73 Å². The number of rotatable bonds is 6. The number of nitrogens with two attached hydrogens (primary N) is 1. The largest absolute Gasteiger partial charge is 0.510 e. The number of aliphatic hydroxyl groups is 3. The number of amides is 1. The molecule has 0 saturated heterocycles. The zero-order valence-corrected chi connectivity index (χ0v) is 23.0. The second-order valence-electron chi connectivity index (χ2n) is 11.3. The number of nitrogens with zero attached hydrogens (tertiary/aromatic N) is 2. The molecule has 39 heavy (non-hydrogen) atoms. The fourth-order valence-corrected chi connectivity index (χ4v) is 7.22. The van der Waals surface area contributed by atoms with Crippen molar-refractivity contribution < 1.29 is 34.8 Å². The monoisotopic (exact) mass is 559 g/mol. The van der Waals surface area contributed by atoms with E-state index in [-0.39, 0.29) is 29.7 Å². The number of fused-ring (bicyclic) bond motifs is 3. The maximum Gasteiger partial charge on any atom is 0.255 e. The molecule has 0 bridgehead atoms. The molecule has 4 aliphatic rings. The van der Waals surface area contributed by atoms with E-state index in [4.69, 9.17) is 17.3 Å². The maximum absolute atomic E-state index is 13.8. The van der Waals surface area contributed by atoms with Crippen molar-refractivity contribution in [1.82, 2.24) is 9.80 Å². The Morgan fingerprint density at radius 3 is 2.41 bits per heavy atom. The Hall–Kier alpha value is -2.92. The Labute approximate surface area is 231 Å². The van der Waals surface area contributed by atoms with Gasteiger partial charge in [-0.05, 0) is 69.4 Å². The van der Waals surface area contributed by atoms with Crippen LogP contribution in [0.15, 0.2) is 28.7 Å². The number of phenols is 1. The zero-order valence-electron chi connectivity index (χ0n) is 22.2. The number of Topliss-reactive ketones (excluding diaryl/α,β-unsaturated/α-hetero) is 2. The van der Waals surface area contributed by atoms with Crippen molar-refractivity contribution in [2.24, 2.45) is 17.6 Å². The molecule has 0 spiro atoms. The molecule has 0 unspecified atom stereocenters. The molecule has 1 aromatic carbocycles. The maximum atomic E-state index is 13.8. The lowest BCUT2D eigenvalue weighted by molar-refractivity contribution is -0.148. The summed E-state index contributed by atoms with van der Waals surface area (Å²) in [4.78, 5) is 43.0. The molecule has 0 radical (unpaired) electrons. The van der Waals surface area contributed by atoms with Gasteiger partial charge < -0.3 is 26.2 Å². The highest BCUT2D eigenvalue weighted by molar-refractivity contribution is 6.33. The molecule has 1 saturated carbocycles. The SMILES string of the molecule is CCN(Cc1cc(O)c2c(c1Cl)C[C@H]1C[C@H]3[C@H](N(C)C)C(O)=C(C(N)=O)C(=O)[C@@]3(O)C(O)=C1C2=O)C1CCC1. The summed E-state index contributed by atoms with van der Waals surface area (Å²) in [6.07, 6.45) is 3.58. The van der Waals surface area contributed by atoms with Crippen LogP contribution in [-0.4, -0.2) is 86.0 Å². The van der Waals surface area contributed by atoms with Gasteiger partial charge in [-0.25, -0.2) is 0 Å². The van der Waals surface area contributed by atoms with Crippen LogP contribution in [0.3, 0.4) is 0 Å². The lowest BCUT2D eigenvalue weighted by atomic mass is 9.58. The molecule has 0 aromatic heterocycles. The number of likely N-dealkylation sites (N-methyl/N-ethyl adjacent to an activating group) is 1. The summed E-state index contributed by atoms with van der Waals surface area (Å²) in [6, 6.07) is 0.885. The van der Waals surface area contributed by atoms with Crippen molar-refractivity contribution in [1.29, 1.82) is 0 Å². The molecule has 1 aromatic rings. The highest BCUT2D eigenvalue weighted by Gasteiger charge is 2.63. The van der Waals surface area contributed by atoms with Crippen molar-refractivity contribution in [3.8, 4) is 5.75 Å². The summed E-state index contributed by atoms with van der Waals surface area (Å²) < 4.78 is 0. The van der Waals surface area contributed by atoms with Gasteiger partial charge >= 0.3 is 0 Å². The van der Waals surface area contributed by atoms with Gasteiger partial charge in [-0.15, -0.1) is 0 Å². The number of hydrogen-bond donors (Lipinski definition) is 5. The van der Waals surface area contributed by atoms with Crippen molar-refractivity contribution >= 4 is 29.1 Å². The topological polar surface area (TPSA) is 165 Å². The van der Waals surface area contributed by atoms with Crippen molar-refractivity contribution in [3.63, 3.8) is 0 Å². The smallest absolute Gasteiger partial charge is 0.255 e. The van der Waals surface area contributed by atoms with Crippen molar-refractivity contribution in [2.75, 3.05) is 20.6 Å². The molecule has 6 N–H and O–H groups in total. The van der Waals surface area contributed by atoms with Crippen LogP contribution in [0.4, 0.5) is 0 Å². The first-order valence-electron chi connectivity index (χ1n) is 13.3. The molecule has 1 amide bonds. The second kappa shape index (κ2) is 9.62. The number of carbonyl (C=O) groups excluding carboxylic acids is 3. The third kappa shape index (κ3) is 3.91. The summed E-state index contributed by atoms with van der Waals surface area (Å²) in [7, 11) is 3.19. The summed E-state index contributed by atoms with van der Waals surface area (Å²) >= 11 is 6.86. The highest BCUT2D eigenvalue weighted by atomic mass is 35.5. The minimum atomic E-state index is -2.66. The van der Waals surface area contributed by atoms with Gasteiger partial charge in [0.15, 0.2) is 11.4 Å². The van der Waals surface area contributed by atoms with E-state index in [2.05, 4.69) is 11.8 Å². The molecule has 210 valence electrons. The van der Waals surface area contributed by atoms with E-state index in [0.717, 1.165) is 19.4 Å². The number of hydrogen-bond acceptors (Lipinski definition) is 9. The van der Waals surface area contributed by atoms with Gasteiger partial charge in [0.2, 0.25) is 5.78 Å². The molecule has 10 nitrogen and oxygen atoms in total. The van der Waals surface area contributed by atoms with Gasteiger partial charge in [-0.3, -0.25) is 24.2 Å². The fraction of sp³-hybridized carbons (Fsp3) is 0.536. The van der Waals surface area contributed by atoms with Crippen LogP contribution in [0.2, 0.25) is 5.02 Å². The Kier molecular flexibility index (Phi) is 6.82. The van der Waals surface area contributed by atoms with Crippen LogP contribution >= 0.6 is 11.6 Å². The third-order valence-electron chi connectivity index (χ3n) is 9.10. The molecule has 4 aliphatic carbocycles. The standard InChI is InChI=1S/C28H34ClN3O7/c1-4-32(14-6-5-7-14)11-13-10-17(33)19-15(21(13)29)8-12-9-16-22(31(2)3)24(35)20(27(30)38)26(37)28(16,39)25(36)18(12)23(19)34/h10,12,14,16,22,33,35-36,39H,4-9,11H2,1-3H3,(H2,30,38)/t12-,16-,22-,28-/m0/s1. The number of aliphatic hydroxyl groups excluding tert-OH is 2.